The van der Waals surface area contributed by atoms with Crippen molar-refractivity contribution in [1.29, 1.82) is 0 Å². The zero-order valence-corrected chi connectivity index (χ0v) is 19.2. The summed E-state index contributed by atoms with van der Waals surface area (Å²) in [6, 6.07) is 12.7. The molecule has 2 aromatic carbocycles. The molecule has 0 radical (unpaired) electrons. The largest absolute Gasteiger partial charge is 0.497 e. The van der Waals surface area contributed by atoms with Crippen molar-refractivity contribution in [3.05, 3.63) is 59.9 Å². The van der Waals surface area contributed by atoms with Crippen LogP contribution in [0.15, 0.2) is 48.5 Å². The van der Waals surface area contributed by atoms with Gasteiger partial charge >= 0.3 is 0 Å². The van der Waals surface area contributed by atoms with Gasteiger partial charge in [-0.1, -0.05) is 6.07 Å². The van der Waals surface area contributed by atoms with Crippen molar-refractivity contribution in [2.75, 3.05) is 57.8 Å². The van der Waals surface area contributed by atoms with E-state index in [9.17, 15) is 18.8 Å². The molecule has 0 saturated carbocycles. The highest BCUT2D eigenvalue weighted by molar-refractivity contribution is 6.00. The summed E-state index contributed by atoms with van der Waals surface area (Å²) in [5.41, 5.74) is 1.16. The topological polar surface area (TPSA) is 82.2 Å². The third-order valence-electron chi connectivity index (χ3n) is 6.34. The number of carbonyl (C=O) groups is 3. The van der Waals surface area contributed by atoms with Crippen LogP contribution >= 0.6 is 0 Å². The van der Waals surface area contributed by atoms with Crippen LogP contribution in [0.2, 0.25) is 0 Å². The van der Waals surface area contributed by atoms with E-state index in [0.29, 0.717) is 57.1 Å². The van der Waals surface area contributed by atoms with E-state index in [0.717, 1.165) is 5.69 Å². The summed E-state index contributed by atoms with van der Waals surface area (Å²) < 4.78 is 18.2. The summed E-state index contributed by atoms with van der Waals surface area (Å²) in [4.78, 5) is 43.4. The number of carbonyl (C=O) groups excluding carboxylic acids is 3. The second kappa shape index (κ2) is 10.6. The van der Waals surface area contributed by atoms with Crippen molar-refractivity contribution in [3.63, 3.8) is 0 Å². The molecule has 9 heteroatoms. The standard InChI is InChI=1S/C25H29FN4O4/c1-34-22-4-2-3-21(16-22)30-17-19(15-23(30)31)25(33)29-13-11-28(12-14-29)10-9-27-24(32)18-5-7-20(26)8-6-18/h2-8,16,19H,9-15,17H2,1H3,(H,27,32). The Labute approximate surface area is 198 Å². The van der Waals surface area contributed by atoms with E-state index in [-0.39, 0.29) is 35.9 Å². The van der Waals surface area contributed by atoms with Gasteiger partial charge < -0.3 is 19.9 Å². The smallest absolute Gasteiger partial charge is 0.251 e. The molecule has 2 heterocycles. The molecular formula is C25H29FN4O4. The summed E-state index contributed by atoms with van der Waals surface area (Å²) >= 11 is 0. The molecule has 3 amide bonds. The van der Waals surface area contributed by atoms with Gasteiger partial charge in [-0.2, -0.15) is 0 Å². The number of nitrogens with zero attached hydrogens (tertiary/aromatic N) is 3. The van der Waals surface area contributed by atoms with E-state index in [4.69, 9.17) is 4.74 Å². The summed E-state index contributed by atoms with van der Waals surface area (Å²) in [6.07, 6.45) is 0.214. The normalized spacial score (nSPS) is 18.8. The SMILES string of the molecule is COc1cccc(N2CC(C(=O)N3CCN(CCNC(=O)c4ccc(F)cc4)CC3)CC2=O)c1. The lowest BCUT2D eigenvalue weighted by Crippen LogP contribution is -2.51. The molecule has 8 nitrogen and oxygen atoms in total. The number of ether oxygens (including phenoxy) is 1. The van der Waals surface area contributed by atoms with Gasteiger partial charge in [0.2, 0.25) is 11.8 Å². The van der Waals surface area contributed by atoms with E-state index in [1.165, 1.54) is 24.3 Å². The third kappa shape index (κ3) is 5.53. The fourth-order valence-corrected chi connectivity index (χ4v) is 4.38. The number of piperazine rings is 1. The molecular weight excluding hydrogens is 439 g/mol. The maximum absolute atomic E-state index is 13.1. The summed E-state index contributed by atoms with van der Waals surface area (Å²) in [7, 11) is 1.58. The van der Waals surface area contributed by atoms with Crippen molar-refractivity contribution in [1.82, 2.24) is 15.1 Å². The maximum atomic E-state index is 13.1. The van der Waals surface area contributed by atoms with Crippen LogP contribution in [0.25, 0.3) is 0 Å². The first-order valence-electron chi connectivity index (χ1n) is 11.4. The summed E-state index contributed by atoms with van der Waals surface area (Å²) in [5.74, 6) is -0.324. The molecule has 180 valence electrons. The number of benzene rings is 2. The van der Waals surface area contributed by atoms with Gasteiger partial charge in [-0.05, 0) is 36.4 Å². The molecule has 1 unspecified atom stereocenters. The number of hydrogen-bond acceptors (Lipinski definition) is 5. The average Bonchev–Trinajstić information content (AvgIpc) is 3.26. The van der Waals surface area contributed by atoms with E-state index in [1.807, 2.05) is 23.1 Å². The molecule has 34 heavy (non-hydrogen) atoms. The lowest BCUT2D eigenvalue weighted by molar-refractivity contribution is -0.137. The number of amides is 3. The first-order chi connectivity index (χ1) is 16.4. The highest BCUT2D eigenvalue weighted by Gasteiger charge is 2.38. The lowest BCUT2D eigenvalue weighted by Gasteiger charge is -2.35. The molecule has 0 aromatic heterocycles. The van der Waals surface area contributed by atoms with E-state index >= 15 is 0 Å². The Bertz CT molecular complexity index is 1040. The highest BCUT2D eigenvalue weighted by atomic mass is 19.1. The lowest BCUT2D eigenvalue weighted by atomic mass is 10.1. The molecule has 2 fully saturated rings. The molecule has 0 aliphatic carbocycles. The summed E-state index contributed by atoms with van der Waals surface area (Å²) in [5, 5.41) is 2.84. The monoisotopic (exact) mass is 468 g/mol. The third-order valence-corrected chi connectivity index (χ3v) is 6.34. The molecule has 4 rings (SSSR count). The molecule has 2 aliphatic rings. The Morgan fingerprint density at radius 1 is 1.09 bits per heavy atom. The van der Waals surface area contributed by atoms with Crippen LogP contribution in [0.1, 0.15) is 16.8 Å². The molecule has 2 aromatic rings. The van der Waals surface area contributed by atoms with Crippen LogP contribution in [-0.4, -0.2) is 80.4 Å². The second-order valence-electron chi connectivity index (χ2n) is 8.54. The fraction of sp³-hybridized carbons (Fsp3) is 0.400. The van der Waals surface area contributed by atoms with Crippen LogP contribution in [-0.2, 0) is 9.59 Å². The zero-order chi connectivity index (χ0) is 24.1. The van der Waals surface area contributed by atoms with Crippen LogP contribution in [0, 0.1) is 11.7 Å². The van der Waals surface area contributed by atoms with Gasteiger partial charge in [-0.25, -0.2) is 4.39 Å². The minimum Gasteiger partial charge on any atom is -0.497 e. The van der Waals surface area contributed by atoms with Gasteiger partial charge in [0.05, 0.1) is 13.0 Å². The van der Waals surface area contributed by atoms with Gasteiger partial charge in [-0.15, -0.1) is 0 Å². The second-order valence-corrected chi connectivity index (χ2v) is 8.54. The number of anilines is 1. The van der Waals surface area contributed by atoms with Gasteiger partial charge in [0.1, 0.15) is 11.6 Å². The van der Waals surface area contributed by atoms with E-state index < -0.39 is 0 Å². The van der Waals surface area contributed by atoms with Crippen molar-refractivity contribution in [2.24, 2.45) is 5.92 Å². The van der Waals surface area contributed by atoms with Gasteiger partial charge in [0.15, 0.2) is 0 Å². The quantitative estimate of drug-likeness (QED) is 0.670. The fourth-order valence-electron chi connectivity index (χ4n) is 4.38. The van der Waals surface area contributed by atoms with Gasteiger partial charge in [0, 0.05) is 69.6 Å². The van der Waals surface area contributed by atoms with Crippen molar-refractivity contribution in [2.45, 2.75) is 6.42 Å². The van der Waals surface area contributed by atoms with Crippen molar-refractivity contribution in [3.8, 4) is 5.75 Å². The number of halogens is 1. The maximum Gasteiger partial charge on any atom is 0.251 e. The predicted octanol–water partition coefficient (Wildman–Crippen LogP) is 1.76. The van der Waals surface area contributed by atoms with Gasteiger partial charge in [-0.3, -0.25) is 19.3 Å². The number of methoxy groups -OCH3 is 1. The van der Waals surface area contributed by atoms with Crippen LogP contribution in [0.5, 0.6) is 5.75 Å². The Kier molecular flexibility index (Phi) is 7.42. The highest BCUT2D eigenvalue weighted by Crippen LogP contribution is 2.29. The first kappa shape index (κ1) is 23.7. The van der Waals surface area contributed by atoms with Gasteiger partial charge in [0.25, 0.3) is 5.91 Å². The molecule has 2 aliphatic heterocycles. The minimum absolute atomic E-state index is 0.0167. The Morgan fingerprint density at radius 3 is 2.53 bits per heavy atom. The summed E-state index contributed by atoms with van der Waals surface area (Å²) in [6.45, 7) is 4.11. The Morgan fingerprint density at radius 2 is 1.82 bits per heavy atom. The molecule has 0 spiro atoms. The van der Waals surface area contributed by atoms with E-state index in [2.05, 4.69) is 10.2 Å². The number of nitrogens with one attached hydrogen (secondary N) is 1. The molecule has 0 bridgehead atoms. The minimum atomic E-state index is -0.376. The molecule has 1 atom stereocenters. The average molecular weight is 469 g/mol. The zero-order valence-electron chi connectivity index (χ0n) is 19.2. The Balaban J connectivity index is 1.21. The van der Waals surface area contributed by atoms with Crippen LogP contribution < -0.4 is 15.0 Å². The van der Waals surface area contributed by atoms with Crippen molar-refractivity contribution >= 4 is 23.4 Å². The number of rotatable bonds is 7. The molecule has 1 N–H and O–H groups in total. The first-order valence-corrected chi connectivity index (χ1v) is 11.4. The number of hydrogen-bond donors (Lipinski definition) is 1. The van der Waals surface area contributed by atoms with Crippen LogP contribution in [0.3, 0.4) is 0 Å². The predicted molar refractivity (Wildman–Crippen MR) is 125 cm³/mol. The van der Waals surface area contributed by atoms with E-state index in [1.54, 1.807) is 18.1 Å². The molecule has 2 saturated heterocycles. The van der Waals surface area contributed by atoms with Crippen LogP contribution in [0.4, 0.5) is 10.1 Å². The Hall–Kier alpha value is -3.46. The van der Waals surface area contributed by atoms with Crippen molar-refractivity contribution < 1.29 is 23.5 Å².